The monoisotopic (exact) mass is 307 g/mol. The largest absolute Gasteiger partial charge is 0.340 e. The first-order valence-electron chi connectivity index (χ1n) is 6.36. The van der Waals surface area contributed by atoms with Gasteiger partial charge < -0.3 is 15.2 Å². The van der Waals surface area contributed by atoms with E-state index in [4.69, 9.17) is 16.3 Å². The summed E-state index contributed by atoms with van der Waals surface area (Å²) in [4.78, 5) is 13.6. The third-order valence-electron chi connectivity index (χ3n) is 2.77. The van der Waals surface area contributed by atoms with Crippen molar-refractivity contribution in [1.82, 2.24) is 19.7 Å². The number of nitrogens with two attached hydrogens (primary N) is 1. The molecule has 0 radical (unpaired) electrons. The summed E-state index contributed by atoms with van der Waals surface area (Å²) in [6.07, 6.45) is 0.506. The predicted molar refractivity (Wildman–Crippen MR) is 76.7 cm³/mol. The number of thioether (sulfide) groups is 1. The van der Waals surface area contributed by atoms with Gasteiger partial charge in [-0.15, -0.1) is 10.2 Å². The molecule has 2 N–H and O–H groups in total. The van der Waals surface area contributed by atoms with Crippen LogP contribution < -0.4 is 5.73 Å². The molecule has 0 aliphatic carbocycles. The number of amides is 1. The van der Waals surface area contributed by atoms with E-state index in [2.05, 4.69) is 10.2 Å². The zero-order valence-corrected chi connectivity index (χ0v) is 12.6. The van der Waals surface area contributed by atoms with E-state index in [1.54, 1.807) is 11.6 Å². The lowest BCUT2D eigenvalue weighted by Gasteiger charge is -2.19. The molecule has 1 heterocycles. The van der Waals surface area contributed by atoms with Gasteiger partial charge in [0.15, 0.2) is 5.16 Å². The van der Waals surface area contributed by atoms with Crippen molar-refractivity contribution in [2.75, 3.05) is 18.8 Å². The number of hydrogen-bond donors (Lipinski definition) is 1. The maximum absolute atomic E-state index is 12.1. The first kappa shape index (κ1) is 17.0. The highest BCUT2D eigenvalue weighted by Crippen LogP contribution is 2.16. The minimum Gasteiger partial charge on any atom is -0.340 e. The summed E-state index contributed by atoms with van der Waals surface area (Å²) in [5.41, 5.74) is 5.51. The van der Waals surface area contributed by atoms with Crippen LogP contribution in [0.2, 0.25) is 0 Å². The van der Waals surface area contributed by atoms with Crippen LogP contribution >= 0.6 is 11.8 Å². The number of aromatic nitrogens is 3. The van der Waals surface area contributed by atoms with E-state index in [0.29, 0.717) is 24.1 Å². The van der Waals surface area contributed by atoms with Crippen LogP contribution in [0.4, 0.5) is 0 Å². The summed E-state index contributed by atoms with van der Waals surface area (Å²) in [6.45, 7) is 0.962. The van der Waals surface area contributed by atoms with E-state index in [0.717, 1.165) is 0 Å². The van der Waals surface area contributed by atoms with Gasteiger partial charge in [-0.3, -0.25) is 4.79 Å². The minimum atomic E-state index is -0.122. The Morgan fingerprint density at radius 3 is 2.43 bits per heavy atom. The van der Waals surface area contributed by atoms with E-state index >= 15 is 0 Å². The van der Waals surface area contributed by atoms with E-state index in [9.17, 15) is 4.79 Å². The lowest BCUT2D eigenvalue weighted by Crippen LogP contribution is -2.34. The van der Waals surface area contributed by atoms with Crippen LogP contribution in [0.1, 0.15) is 18.7 Å². The number of carbonyl (C=O) groups excluding carboxylic acids is 1. The molecule has 0 fully saturated rings. The molecular formula is C12H17N7OS. The van der Waals surface area contributed by atoms with Crippen molar-refractivity contribution < 1.29 is 4.79 Å². The van der Waals surface area contributed by atoms with Crippen molar-refractivity contribution in [2.24, 2.45) is 12.8 Å². The molecule has 1 amide bonds. The highest BCUT2D eigenvalue weighted by molar-refractivity contribution is 7.99. The SMILES string of the molecule is Cn1c(CN)nnc1SCC(=O)N(CCC#N)CCC#N. The predicted octanol–water partition coefficient (Wildman–Crippen LogP) is 0.0219. The molecule has 0 aromatic carbocycles. The van der Waals surface area contributed by atoms with Crippen molar-refractivity contribution in [2.45, 2.75) is 24.5 Å². The Labute approximate surface area is 127 Å². The van der Waals surface area contributed by atoms with Crippen molar-refractivity contribution in [1.29, 1.82) is 10.5 Å². The Balaban J connectivity index is 2.58. The molecule has 1 aromatic rings. The van der Waals surface area contributed by atoms with Gasteiger partial charge in [-0.1, -0.05) is 11.8 Å². The quantitative estimate of drug-likeness (QED) is 0.671. The number of nitrogens with zero attached hydrogens (tertiary/aromatic N) is 6. The van der Waals surface area contributed by atoms with Crippen LogP contribution in [-0.4, -0.2) is 44.4 Å². The van der Waals surface area contributed by atoms with Gasteiger partial charge in [-0.05, 0) is 0 Å². The van der Waals surface area contributed by atoms with Crippen molar-refractivity contribution in [3.63, 3.8) is 0 Å². The standard InChI is InChI=1S/C12H17N7OS/c1-18-10(8-15)16-17-12(18)21-9-11(20)19(6-2-4-13)7-3-5-14/h2-3,6-9,15H2,1H3. The molecule has 0 saturated heterocycles. The molecule has 0 atom stereocenters. The zero-order chi connectivity index (χ0) is 15.7. The summed E-state index contributed by atoms with van der Waals surface area (Å²) in [5.74, 6) is 0.714. The van der Waals surface area contributed by atoms with E-state index in [1.165, 1.54) is 16.7 Å². The fourth-order valence-corrected chi connectivity index (χ4v) is 2.43. The fraction of sp³-hybridized carbons (Fsp3) is 0.583. The summed E-state index contributed by atoms with van der Waals surface area (Å²) in [5, 5.41) is 25.7. The van der Waals surface area contributed by atoms with Gasteiger partial charge in [0.1, 0.15) is 5.82 Å². The Kier molecular flexibility index (Phi) is 7.23. The molecule has 21 heavy (non-hydrogen) atoms. The Bertz CT molecular complexity index is 539. The third-order valence-corrected chi connectivity index (χ3v) is 3.78. The number of hydrogen-bond acceptors (Lipinski definition) is 7. The number of carbonyl (C=O) groups is 1. The van der Waals surface area contributed by atoms with E-state index in [-0.39, 0.29) is 31.0 Å². The number of rotatable bonds is 8. The van der Waals surface area contributed by atoms with Gasteiger partial charge in [-0.2, -0.15) is 10.5 Å². The van der Waals surface area contributed by atoms with Gasteiger partial charge in [-0.25, -0.2) is 0 Å². The van der Waals surface area contributed by atoms with Crippen LogP contribution in [0, 0.1) is 22.7 Å². The van der Waals surface area contributed by atoms with Gasteiger partial charge in [0.2, 0.25) is 5.91 Å². The van der Waals surface area contributed by atoms with Crippen LogP contribution in [0.3, 0.4) is 0 Å². The molecule has 8 nitrogen and oxygen atoms in total. The average Bonchev–Trinajstić information content (AvgIpc) is 2.85. The molecule has 1 aromatic heterocycles. The fourth-order valence-electron chi connectivity index (χ4n) is 1.60. The topological polar surface area (TPSA) is 125 Å². The molecule has 112 valence electrons. The van der Waals surface area contributed by atoms with Crippen molar-refractivity contribution >= 4 is 17.7 Å². The van der Waals surface area contributed by atoms with Gasteiger partial charge in [0, 0.05) is 20.1 Å². The highest BCUT2D eigenvalue weighted by atomic mass is 32.2. The molecule has 0 saturated carbocycles. The van der Waals surface area contributed by atoms with Gasteiger partial charge in [0.25, 0.3) is 0 Å². The average molecular weight is 307 g/mol. The van der Waals surface area contributed by atoms with Gasteiger partial charge >= 0.3 is 0 Å². The molecule has 0 spiro atoms. The van der Waals surface area contributed by atoms with Crippen LogP contribution in [0.25, 0.3) is 0 Å². The second-order valence-electron chi connectivity index (χ2n) is 4.15. The lowest BCUT2D eigenvalue weighted by molar-refractivity contribution is -0.128. The van der Waals surface area contributed by atoms with Crippen molar-refractivity contribution in [3.8, 4) is 12.1 Å². The second-order valence-corrected chi connectivity index (χ2v) is 5.09. The molecule has 0 bridgehead atoms. The molecule has 1 rings (SSSR count). The smallest absolute Gasteiger partial charge is 0.233 e. The summed E-state index contributed by atoms with van der Waals surface area (Å²) in [7, 11) is 1.79. The van der Waals surface area contributed by atoms with Crippen LogP contribution in [0.15, 0.2) is 5.16 Å². The molecule has 0 unspecified atom stereocenters. The normalized spacial score (nSPS) is 9.90. The maximum Gasteiger partial charge on any atom is 0.233 e. The zero-order valence-electron chi connectivity index (χ0n) is 11.8. The van der Waals surface area contributed by atoms with Gasteiger partial charge in [0.05, 0.1) is 37.3 Å². The first-order chi connectivity index (χ1) is 10.1. The highest BCUT2D eigenvalue weighted by Gasteiger charge is 2.15. The summed E-state index contributed by atoms with van der Waals surface area (Å²) >= 11 is 1.26. The minimum absolute atomic E-state index is 0.122. The van der Waals surface area contributed by atoms with Crippen molar-refractivity contribution in [3.05, 3.63) is 5.82 Å². The first-order valence-corrected chi connectivity index (χ1v) is 7.35. The molecule has 0 aliphatic rings. The second kappa shape index (κ2) is 8.95. The Hall–Kier alpha value is -2.10. The van der Waals surface area contributed by atoms with Crippen LogP contribution in [0.5, 0.6) is 0 Å². The van der Waals surface area contributed by atoms with E-state index < -0.39 is 0 Å². The Morgan fingerprint density at radius 1 is 1.33 bits per heavy atom. The Morgan fingerprint density at radius 2 is 1.95 bits per heavy atom. The maximum atomic E-state index is 12.1. The van der Waals surface area contributed by atoms with E-state index in [1.807, 2.05) is 12.1 Å². The molecular weight excluding hydrogens is 290 g/mol. The molecule has 9 heteroatoms. The summed E-state index contributed by atoms with van der Waals surface area (Å²) in [6, 6.07) is 4.00. The van der Waals surface area contributed by atoms with Crippen LogP contribution in [-0.2, 0) is 18.4 Å². The molecule has 0 aliphatic heterocycles. The third kappa shape index (κ3) is 5.06. The summed E-state index contributed by atoms with van der Waals surface area (Å²) < 4.78 is 1.74. The lowest BCUT2D eigenvalue weighted by atomic mass is 10.3. The number of nitriles is 2.